The molecule has 0 fully saturated rings. The fourth-order valence-electron chi connectivity index (χ4n) is 3.52. The van der Waals surface area contributed by atoms with E-state index in [1.54, 1.807) is 31.2 Å². The Bertz CT molecular complexity index is 930. The predicted octanol–water partition coefficient (Wildman–Crippen LogP) is 4.40. The predicted molar refractivity (Wildman–Crippen MR) is 105 cm³/mol. The molecule has 31 heavy (non-hydrogen) atoms. The number of ether oxygens (including phenoxy) is 1. The van der Waals surface area contributed by atoms with E-state index in [-0.39, 0.29) is 5.57 Å². The molecule has 0 aromatic heterocycles. The summed E-state index contributed by atoms with van der Waals surface area (Å²) >= 11 is 0. The van der Waals surface area contributed by atoms with Crippen LogP contribution < -0.4 is 10.1 Å². The zero-order chi connectivity index (χ0) is 23.6. The summed E-state index contributed by atoms with van der Waals surface area (Å²) in [5, 5.41) is 2.63. The van der Waals surface area contributed by atoms with Crippen molar-refractivity contribution >= 4 is 17.5 Å². The number of Topliss-reactive ketones (excluding diaryl/α,β-unsaturated/α-hetero) is 1. The van der Waals surface area contributed by atoms with Gasteiger partial charge >= 0.3 is 6.18 Å². The van der Waals surface area contributed by atoms with Gasteiger partial charge in [0.05, 0.1) is 19.1 Å². The molecule has 2 rings (SSSR count). The summed E-state index contributed by atoms with van der Waals surface area (Å²) in [6, 6.07) is 6.21. The number of hydrogen-bond donors (Lipinski definition) is 1. The molecule has 0 saturated heterocycles. The molecule has 0 heterocycles. The minimum Gasteiger partial charge on any atom is -0.497 e. The molecule has 0 aliphatic heterocycles. The lowest BCUT2D eigenvalue weighted by molar-refractivity contribution is -0.173. The Morgan fingerprint density at radius 2 is 1.71 bits per heavy atom. The van der Waals surface area contributed by atoms with Crippen molar-refractivity contribution in [3.8, 4) is 5.75 Å². The number of methoxy groups -OCH3 is 1. The maximum atomic E-state index is 13.9. The van der Waals surface area contributed by atoms with Gasteiger partial charge in [-0.2, -0.15) is 13.2 Å². The van der Waals surface area contributed by atoms with Crippen LogP contribution in [0.1, 0.15) is 38.8 Å². The second-order valence-corrected chi connectivity index (χ2v) is 8.02. The lowest BCUT2D eigenvalue weighted by atomic mass is 9.67. The lowest BCUT2D eigenvalue weighted by Crippen LogP contribution is -2.42. The topological polar surface area (TPSA) is 72.5 Å². The highest BCUT2D eigenvalue weighted by atomic mass is 19.4. The fourth-order valence-corrected chi connectivity index (χ4v) is 3.52. The molecule has 9 heteroatoms. The number of amides is 1. The molecule has 1 N–H and O–H groups in total. The summed E-state index contributed by atoms with van der Waals surface area (Å²) in [4.78, 5) is 36.9. The van der Waals surface area contributed by atoms with Crippen LogP contribution in [0.2, 0.25) is 0 Å². The number of ketones is 2. The van der Waals surface area contributed by atoms with Gasteiger partial charge in [-0.15, -0.1) is 0 Å². The van der Waals surface area contributed by atoms with Crippen LogP contribution in [-0.2, 0) is 14.4 Å². The van der Waals surface area contributed by atoms with E-state index in [4.69, 9.17) is 4.74 Å². The van der Waals surface area contributed by atoms with Crippen LogP contribution in [0.15, 0.2) is 47.8 Å². The number of alkyl halides is 3. The first-order valence-electron chi connectivity index (χ1n) is 9.43. The van der Waals surface area contributed by atoms with Crippen molar-refractivity contribution in [2.24, 2.45) is 11.3 Å². The summed E-state index contributed by atoms with van der Waals surface area (Å²) in [7, 11) is 1.50. The standard InChI is InChI=1S/C22H23F4NO4/c1-12(13-5-7-15(31-4)8-6-13)27-20(30)16-9-14(23)10-17(28)19(16)21(2,3)11-18(29)22(24,25)26/h5-10,12,19H,11H2,1-4H3,(H,27,30)/t12-,19?/m0/s1. The molecule has 1 aliphatic carbocycles. The molecule has 1 aromatic carbocycles. The summed E-state index contributed by atoms with van der Waals surface area (Å²) < 4.78 is 57.3. The molecular formula is C22H23F4NO4. The average Bonchev–Trinajstić information content (AvgIpc) is 2.65. The Hall–Kier alpha value is -2.97. The number of carbonyl (C=O) groups excluding carboxylic acids is 3. The number of nitrogens with one attached hydrogen (secondary N) is 1. The molecule has 2 atom stereocenters. The van der Waals surface area contributed by atoms with Gasteiger partial charge in [0.2, 0.25) is 11.7 Å². The third kappa shape index (κ3) is 5.80. The Morgan fingerprint density at radius 1 is 1.13 bits per heavy atom. The average molecular weight is 441 g/mol. The van der Waals surface area contributed by atoms with Crippen molar-refractivity contribution in [1.29, 1.82) is 0 Å². The summed E-state index contributed by atoms with van der Waals surface area (Å²) in [6.07, 6.45) is -4.66. The minimum atomic E-state index is -5.08. The first kappa shape index (κ1) is 24.3. The van der Waals surface area contributed by atoms with Crippen LogP contribution in [0.3, 0.4) is 0 Å². The van der Waals surface area contributed by atoms with Crippen molar-refractivity contribution in [3.63, 3.8) is 0 Å². The first-order valence-corrected chi connectivity index (χ1v) is 9.43. The van der Waals surface area contributed by atoms with Gasteiger partial charge in [-0.1, -0.05) is 26.0 Å². The summed E-state index contributed by atoms with van der Waals surface area (Å²) in [5.41, 5.74) is -1.21. The smallest absolute Gasteiger partial charge is 0.449 e. The van der Waals surface area contributed by atoms with Crippen molar-refractivity contribution in [1.82, 2.24) is 5.32 Å². The zero-order valence-electron chi connectivity index (χ0n) is 17.5. The second-order valence-electron chi connectivity index (χ2n) is 8.02. The number of allylic oxidation sites excluding steroid dienone is 3. The number of rotatable bonds is 7. The van der Waals surface area contributed by atoms with Crippen LogP contribution in [0.5, 0.6) is 5.75 Å². The molecule has 1 aliphatic rings. The molecule has 1 aromatic rings. The van der Waals surface area contributed by atoms with Crippen LogP contribution in [0, 0.1) is 11.3 Å². The van der Waals surface area contributed by atoms with E-state index in [9.17, 15) is 31.9 Å². The van der Waals surface area contributed by atoms with E-state index in [0.717, 1.165) is 6.08 Å². The van der Waals surface area contributed by atoms with Gasteiger partial charge in [-0.05, 0) is 36.1 Å². The zero-order valence-corrected chi connectivity index (χ0v) is 17.5. The van der Waals surface area contributed by atoms with E-state index in [1.165, 1.54) is 21.0 Å². The van der Waals surface area contributed by atoms with Crippen LogP contribution in [0.25, 0.3) is 0 Å². The van der Waals surface area contributed by atoms with E-state index < -0.39 is 53.3 Å². The SMILES string of the molecule is COc1ccc([C@H](C)NC(=O)C2=CC(F)=CC(=O)C2C(C)(C)CC(=O)C(F)(F)F)cc1. The van der Waals surface area contributed by atoms with Gasteiger partial charge in [0.15, 0.2) is 5.78 Å². The Morgan fingerprint density at radius 3 is 2.23 bits per heavy atom. The van der Waals surface area contributed by atoms with Gasteiger partial charge in [0.1, 0.15) is 11.6 Å². The molecule has 0 radical (unpaired) electrons. The minimum absolute atomic E-state index is 0.328. The van der Waals surface area contributed by atoms with E-state index in [2.05, 4.69) is 5.32 Å². The summed E-state index contributed by atoms with van der Waals surface area (Å²) in [6.45, 7) is 4.19. The quantitative estimate of drug-likeness (QED) is 0.637. The normalized spacial score (nSPS) is 18.1. The van der Waals surface area contributed by atoms with E-state index >= 15 is 0 Å². The van der Waals surface area contributed by atoms with Gasteiger partial charge in [-0.3, -0.25) is 14.4 Å². The molecule has 0 saturated carbocycles. The van der Waals surface area contributed by atoms with Crippen LogP contribution >= 0.6 is 0 Å². The lowest BCUT2D eigenvalue weighted by Gasteiger charge is -2.35. The highest BCUT2D eigenvalue weighted by molar-refractivity contribution is 6.07. The van der Waals surface area contributed by atoms with Crippen molar-refractivity contribution in [2.75, 3.05) is 7.11 Å². The number of halogens is 4. The van der Waals surface area contributed by atoms with Gasteiger partial charge in [-0.25, -0.2) is 4.39 Å². The Kier molecular flexibility index (Phi) is 7.08. The Balaban J connectivity index is 2.29. The monoisotopic (exact) mass is 441 g/mol. The fraction of sp³-hybridized carbons (Fsp3) is 0.409. The maximum Gasteiger partial charge on any atom is 0.449 e. The third-order valence-corrected chi connectivity index (χ3v) is 5.11. The van der Waals surface area contributed by atoms with Crippen LogP contribution in [-0.4, -0.2) is 30.8 Å². The van der Waals surface area contributed by atoms with Crippen molar-refractivity contribution < 1.29 is 36.7 Å². The highest BCUT2D eigenvalue weighted by Crippen LogP contribution is 2.41. The molecule has 1 unspecified atom stereocenters. The molecule has 0 bridgehead atoms. The van der Waals surface area contributed by atoms with Crippen molar-refractivity contribution in [2.45, 2.75) is 39.4 Å². The van der Waals surface area contributed by atoms with E-state index in [1.807, 2.05) is 0 Å². The van der Waals surface area contributed by atoms with Gasteiger partial charge in [0, 0.05) is 18.1 Å². The molecule has 0 spiro atoms. The largest absolute Gasteiger partial charge is 0.497 e. The third-order valence-electron chi connectivity index (χ3n) is 5.11. The van der Waals surface area contributed by atoms with E-state index in [0.29, 0.717) is 17.4 Å². The second kappa shape index (κ2) is 9.03. The van der Waals surface area contributed by atoms with Gasteiger partial charge < -0.3 is 10.1 Å². The maximum absolute atomic E-state index is 13.9. The Labute approximate surface area is 177 Å². The van der Waals surface area contributed by atoms with Crippen LogP contribution in [0.4, 0.5) is 17.6 Å². The number of carbonyl (C=O) groups is 3. The first-order chi connectivity index (χ1) is 14.3. The molecular weight excluding hydrogens is 418 g/mol. The molecule has 168 valence electrons. The van der Waals surface area contributed by atoms with Crippen molar-refractivity contribution in [3.05, 3.63) is 53.4 Å². The number of benzene rings is 1. The van der Waals surface area contributed by atoms with Gasteiger partial charge in [0.25, 0.3) is 0 Å². The molecule has 1 amide bonds. The highest BCUT2D eigenvalue weighted by Gasteiger charge is 2.47. The summed E-state index contributed by atoms with van der Waals surface area (Å²) in [5.74, 6) is -5.50. The number of hydrogen-bond acceptors (Lipinski definition) is 4. The molecule has 5 nitrogen and oxygen atoms in total.